The van der Waals surface area contributed by atoms with Crippen LogP contribution in [0.3, 0.4) is 0 Å². The quantitative estimate of drug-likeness (QED) is 0.122. The largest absolute Gasteiger partial charge is 0.510 e. The van der Waals surface area contributed by atoms with Gasteiger partial charge in [0.1, 0.15) is 13.2 Å². The number of ether oxygens (including phenoxy) is 2. The number of hydrogen-bond acceptors (Lipinski definition) is 8. The summed E-state index contributed by atoms with van der Waals surface area (Å²) >= 11 is 1.95. The number of aliphatic hydroxyl groups is 2. The van der Waals surface area contributed by atoms with Crippen molar-refractivity contribution in [2.24, 2.45) is 0 Å². The Hall–Kier alpha value is -3.21. The van der Waals surface area contributed by atoms with Crippen molar-refractivity contribution in [3.05, 3.63) is 83.9 Å². The lowest BCUT2D eigenvalue weighted by atomic mass is 10.2. The maximum Gasteiger partial charge on any atom is 0.369 e. The van der Waals surface area contributed by atoms with Gasteiger partial charge in [-0.1, -0.05) is 19.7 Å². The first kappa shape index (κ1) is 23.8. The number of phenols is 3. The van der Waals surface area contributed by atoms with E-state index in [0.717, 1.165) is 0 Å². The summed E-state index contributed by atoms with van der Waals surface area (Å²) in [6.45, 7) is 10.5. The van der Waals surface area contributed by atoms with E-state index < -0.39 is 23.0 Å². The Labute approximate surface area is 176 Å². The standard InChI is InChI=1S/C20H21O8.Al/c1-4-5-14(6-16(22)19(25)9-21)10-27-12(2)13(3)28-11-15-7-17(23)20(26)18(24)8-15;/h5-8,22-26H,1-3,9-11H2;/q-1;+1/b14-6+,19-16-;. The molecule has 0 aliphatic carbocycles. The van der Waals surface area contributed by atoms with Crippen LogP contribution in [0.25, 0.3) is 0 Å². The van der Waals surface area contributed by atoms with Crippen LogP contribution in [0.1, 0.15) is 5.56 Å². The van der Waals surface area contributed by atoms with Crippen molar-refractivity contribution in [2.45, 2.75) is 6.61 Å². The second kappa shape index (κ2) is 11.6. The molecule has 5 N–H and O–H groups in total. The molecule has 8 nitrogen and oxygen atoms in total. The third kappa shape index (κ3) is 7.74. The Morgan fingerprint density at radius 1 is 1.03 bits per heavy atom. The summed E-state index contributed by atoms with van der Waals surface area (Å²) < 4.78 is 15.5. The molecule has 0 atom stereocenters. The van der Waals surface area contributed by atoms with E-state index in [9.17, 15) is 25.5 Å². The molecule has 0 aromatic heterocycles. The van der Waals surface area contributed by atoms with Gasteiger partial charge in [-0.15, -0.1) is 5.73 Å². The van der Waals surface area contributed by atoms with Crippen LogP contribution in [0.5, 0.6) is 17.2 Å². The zero-order valence-electron chi connectivity index (χ0n) is 15.6. The first-order chi connectivity index (χ1) is 13.7. The highest BCUT2D eigenvalue weighted by Gasteiger charge is 2.10. The molecule has 0 amide bonds. The predicted octanol–water partition coefficient (Wildman–Crippen LogP) is 3.06. The Bertz CT molecular complexity index is 855. The molecule has 0 fully saturated rings. The van der Waals surface area contributed by atoms with Gasteiger partial charge in [-0.05, 0) is 29.8 Å². The molecular weight excluding hydrogens is 395 g/mol. The van der Waals surface area contributed by atoms with E-state index in [1.807, 2.05) is 16.6 Å². The molecule has 0 unspecified atom stereocenters. The van der Waals surface area contributed by atoms with Gasteiger partial charge in [0.25, 0.3) is 0 Å². The smallest absolute Gasteiger partial charge is 0.369 e. The Kier molecular flexibility index (Phi) is 9.53. The second-order valence-electron chi connectivity index (χ2n) is 5.62. The summed E-state index contributed by atoms with van der Waals surface area (Å²) in [6.07, 6.45) is 2.68. The number of hydrogen-bond donors (Lipinski definition) is 5. The maximum atomic E-state index is 9.81. The molecule has 0 saturated heterocycles. The molecule has 0 bridgehead atoms. The van der Waals surface area contributed by atoms with Crippen LogP contribution in [0.2, 0.25) is 0 Å². The molecule has 1 aromatic rings. The molecule has 1 rings (SSSR count). The summed E-state index contributed by atoms with van der Waals surface area (Å²) in [5.74, 6) is -2.22. The van der Waals surface area contributed by atoms with Gasteiger partial charge in [0.15, 0.2) is 40.3 Å². The highest BCUT2D eigenvalue weighted by atomic mass is 27.1. The average Bonchev–Trinajstić information content (AvgIpc) is 2.68. The molecule has 152 valence electrons. The first-order valence-corrected chi connectivity index (χ1v) is 8.53. The number of rotatable bonds is 11. The Morgan fingerprint density at radius 2 is 1.62 bits per heavy atom. The van der Waals surface area contributed by atoms with Gasteiger partial charge >= 0.3 is 16.6 Å². The van der Waals surface area contributed by atoms with Crippen molar-refractivity contribution < 1.29 is 38.8 Å². The number of benzene rings is 1. The predicted molar refractivity (Wildman–Crippen MR) is 106 cm³/mol. The van der Waals surface area contributed by atoms with Crippen molar-refractivity contribution >= 4 is 16.6 Å². The van der Waals surface area contributed by atoms with Crippen LogP contribution in [0.15, 0.2) is 78.4 Å². The van der Waals surface area contributed by atoms with E-state index in [-0.39, 0.29) is 37.1 Å². The van der Waals surface area contributed by atoms with E-state index >= 15 is 0 Å². The zero-order chi connectivity index (χ0) is 22.0. The average molecular weight is 416 g/mol. The number of aromatic hydroxyl groups is 3. The number of phenolic OH excluding ortho intramolecular Hbond substituents is 3. The van der Waals surface area contributed by atoms with Crippen LogP contribution in [0.4, 0.5) is 0 Å². The lowest BCUT2D eigenvalue weighted by Gasteiger charge is -2.14. The van der Waals surface area contributed by atoms with Gasteiger partial charge in [0.2, 0.25) is 0 Å². The van der Waals surface area contributed by atoms with Crippen LogP contribution >= 0.6 is 0 Å². The third-order valence-electron chi connectivity index (χ3n) is 3.39. The van der Waals surface area contributed by atoms with Crippen molar-refractivity contribution in [1.29, 1.82) is 0 Å². The van der Waals surface area contributed by atoms with Gasteiger partial charge in [-0.3, -0.25) is 0 Å². The topological polar surface area (TPSA) is 129 Å². The molecule has 0 aliphatic rings. The van der Waals surface area contributed by atoms with Gasteiger partial charge in [0, 0.05) is 5.57 Å². The summed E-state index contributed by atoms with van der Waals surface area (Å²) in [7, 11) is 0. The molecular formula is C20H21AlO8. The molecule has 0 heterocycles. The lowest BCUT2D eigenvalue weighted by molar-refractivity contribution is 0.155. The Balaban J connectivity index is 2.70. The molecule has 0 aliphatic heterocycles. The fourth-order valence-electron chi connectivity index (χ4n) is 1.91. The van der Waals surface area contributed by atoms with Gasteiger partial charge in [-0.2, -0.15) is 0 Å². The van der Waals surface area contributed by atoms with E-state index in [0.29, 0.717) is 11.1 Å². The normalized spacial score (nSPS) is 11.8. The van der Waals surface area contributed by atoms with Crippen molar-refractivity contribution in [2.75, 3.05) is 13.2 Å². The summed E-state index contributed by atoms with van der Waals surface area (Å²) in [5, 5.41) is 47.7. The summed E-state index contributed by atoms with van der Waals surface area (Å²) in [6, 6.07) is 2.45. The van der Waals surface area contributed by atoms with Crippen LogP contribution in [-0.4, -0.2) is 55.4 Å². The van der Waals surface area contributed by atoms with Gasteiger partial charge in [-0.25, -0.2) is 0 Å². The first-order valence-electron chi connectivity index (χ1n) is 8.06. The Morgan fingerprint density at radius 3 is 2.17 bits per heavy atom. The lowest BCUT2D eigenvalue weighted by Crippen LogP contribution is -2.03. The van der Waals surface area contributed by atoms with Crippen molar-refractivity contribution in [1.82, 2.24) is 0 Å². The van der Waals surface area contributed by atoms with E-state index in [1.165, 1.54) is 24.3 Å². The minimum atomic E-state index is -0.623. The highest BCUT2D eigenvalue weighted by molar-refractivity contribution is 5.98. The SMILES string of the molecule is C=C=C/C(=C\C(O)=C(\O)C[O][Al])COC(=C)C(=C)OCc1cc(O)c(O)c(O)c1. The molecule has 0 spiro atoms. The van der Waals surface area contributed by atoms with Crippen LogP contribution < -0.4 is 0 Å². The molecule has 9 heteroatoms. The minimum absolute atomic E-state index is 0.0659. The number of aliphatic hydroxyl groups excluding tert-OH is 2. The van der Waals surface area contributed by atoms with Crippen LogP contribution in [0, 0.1) is 0 Å². The van der Waals surface area contributed by atoms with E-state index in [4.69, 9.17) is 9.47 Å². The molecule has 29 heavy (non-hydrogen) atoms. The van der Waals surface area contributed by atoms with Gasteiger partial charge < -0.3 is 38.8 Å². The summed E-state index contributed by atoms with van der Waals surface area (Å²) in [4.78, 5) is 0. The molecule has 1 aromatic carbocycles. The number of allylic oxidation sites excluding steroid dienone is 1. The fourth-order valence-corrected chi connectivity index (χ4v) is 2.07. The van der Waals surface area contributed by atoms with Crippen molar-refractivity contribution in [3.63, 3.8) is 0 Å². The van der Waals surface area contributed by atoms with Crippen molar-refractivity contribution in [3.8, 4) is 17.2 Å². The highest BCUT2D eigenvalue weighted by Crippen LogP contribution is 2.35. The van der Waals surface area contributed by atoms with Gasteiger partial charge in [0.05, 0.1) is 6.61 Å². The maximum absolute atomic E-state index is 9.81. The fraction of sp³-hybridized carbons (Fsp3) is 0.150. The monoisotopic (exact) mass is 416 g/mol. The van der Waals surface area contributed by atoms with E-state index in [2.05, 4.69) is 29.3 Å². The van der Waals surface area contributed by atoms with Crippen LogP contribution in [-0.2, 0) is 19.9 Å². The summed E-state index contributed by atoms with van der Waals surface area (Å²) in [5.41, 5.74) is 3.32. The molecule has 2 radical (unpaired) electrons. The second-order valence-corrected chi connectivity index (χ2v) is 5.95. The minimum Gasteiger partial charge on any atom is -0.510 e. The zero-order valence-corrected chi connectivity index (χ0v) is 16.7. The van der Waals surface area contributed by atoms with E-state index in [1.54, 1.807) is 0 Å². The molecule has 0 saturated carbocycles. The third-order valence-corrected chi connectivity index (χ3v) is 3.56.